The van der Waals surface area contributed by atoms with E-state index in [1.807, 2.05) is 6.92 Å². The number of carbonyl (C=O) groups is 1. The molecule has 0 saturated heterocycles. The lowest BCUT2D eigenvalue weighted by Gasteiger charge is -1.99. The van der Waals surface area contributed by atoms with Gasteiger partial charge in [0, 0.05) is 11.9 Å². The normalized spacial score (nSPS) is 9.83. The minimum absolute atomic E-state index is 0.0329. The van der Waals surface area contributed by atoms with E-state index in [9.17, 15) is 4.79 Å². The third-order valence-electron chi connectivity index (χ3n) is 1.33. The highest BCUT2D eigenvalue weighted by molar-refractivity contribution is 9.09. The number of halogens is 1. The molecule has 66 valence electrons. The number of nitrogens with zero attached hydrogens (tertiary/aromatic N) is 1. The van der Waals surface area contributed by atoms with Gasteiger partial charge in [-0.05, 0) is 6.92 Å². The molecule has 0 radical (unpaired) electrons. The molecule has 0 aliphatic rings. The van der Waals surface area contributed by atoms with Gasteiger partial charge >= 0.3 is 0 Å². The second-order valence-electron chi connectivity index (χ2n) is 2.21. The van der Waals surface area contributed by atoms with Crippen LogP contribution in [-0.4, -0.2) is 22.8 Å². The highest BCUT2D eigenvalue weighted by Crippen LogP contribution is 2.11. The minimum atomic E-state index is -0.0329. The molecule has 0 aliphatic heterocycles. The molecule has 0 unspecified atom stereocenters. The average molecular weight is 249 g/mol. The second kappa shape index (κ2) is 4.57. The zero-order valence-electron chi connectivity index (χ0n) is 6.63. The van der Waals surface area contributed by atoms with Crippen LogP contribution < -0.4 is 5.32 Å². The summed E-state index contributed by atoms with van der Waals surface area (Å²) in [5, 5.41) is 3.53. The van der Waals surface area contributed by atoms with Crippen LogP contribution in [0.25, 0.3) is 0 Å². The Bertz CT molecular complexity index is 274. The fourth-order valence-electron chi connectivity index (χ4n) is 0.761. The Hall–Kier alpha value is -0.420. The maximum Gasteiger partial charge on any atom is 0.263 e. The molecule has 0 aromatic carbocycles. The van der Waals surface area contributed by atoms with Crippen molar-refractivity contribution in [1.29, 1.82) is 0 Å². The minimum Gasteiger partial charge on any atom is -0.350 e. The Labute approximate surface area is 83.3 Å². The van der Waals surface area contributed by atoms with Crippen LogP contribution in [0.3, 0.4) is 0 Å². The second-order valence-corrected chi connectivity index (χ2v) is 3.86. The van der Waals surface area contributed by atoms with Crippen LogP contribution >= 0.6 is 27.3 Å². The molecule has 0 atom stereocenters. The summed E-state index contributed by atoms with van der Waals surface area (Å²) >= 11 is 4.60. The number of hydrogen-bond acceptors (Lipinski definition) is 3. The van der Waals surface area contributed by atoms with Crippen molar-refractivity contribution < 1.29 is 4.79 Å². The molecule has 0 fully saturated rings. The van der Waals surface area contributed by atoms with E-state index in [1.54, 1.807) is 5.51 Å². The molecule has 1 heterocycles. The summed E-state index contributed by atoms with van der Waals surface area (Å²) in [6, 6.07) is 0. The summed E-state index contributed by atoms with van der Waals surface area (Å²) in [6.45, 7) is 2.48. The number of amides is 1. The van der Waals surface area contributed by atoms with Gasteiger partial charge in [0.05, 0.1) is 11.2 Å². The molecular weight excluding hydrogens is 240 g/mol. The molecule has 0 aliphatic carbocycles. The van der Waals surface area contributed by atoms with Crippen LogP contribution in [0.5, 0.6) is 0 Å². The predicted octanol–water partition coefficient (Wildman–Crippen LogP) is 1.58. The SMILES string of the molecule is Cc1ncsc1C(=O)NCCBr. The molecule has 3 nitrogen and oxygen atoms in total. The van der Waals surface area contributed by atoms with E-state index in [4.69, 9.17) is 0 Å². The summed E-state index contributed by atoms with van der Waals surface area (Å²) in [7, 11) is 0. The summed E-state index contributed by atoms with van der Waals surface area (Å²) in [5.41, 5.74) is 2.48. The quantitative estimate of drug-likeness (QED) is 0.826. The van der Waals surface area contributed by atoms with Crippen molar-refractivity contribution >= 4 is 33.2 Å². The molecule has 0 bridgehead atoms. The predicted molar refractivity (Wildman–Crippen MR) is 53.0 cm³/mol. The molecule has 5 heteroatoms. The zero-order valence-corrected chi connectivity index (χ0v) is 9.04. The van der Waals surface area contributed by atoms with E-state index in [-0.39, 0.29) is 5.91 Å². The van der Waals surface area contributed by atoms with Gasteiger partial charge in [-0.1, -0.05) is 15.9 Å². The van der Waals surface area contributed by atoms with Gasteiger partial charge in [0.1, 0.15) is 4.88 Å². The topological polar surface area (TPSA) is 42.0 Å². The van der Waals surface area contributed by atoms with Gasteiger partial charge in [0.15, 0.2) is 0 Å². The molecule has 1 amide bonds. The maximum absolute atomic E-state index is 11.3. The lowest BCUT2D eigenvalue weighted by atomic mass is 10.4. The number of carbonyl (C=O) groups excluding carboxylic acids is 1. The van der Waals surface area contributed by atoms with Crippen molar-refractivity contribution in [3.05, 3.63) is 16.1 Å². The van der Waals surface area contributed by atoms with E-state index in [0.717, 1.165) is 11.0 Å². The van der Waals surface area contributed by atoms with Gasteiger partial charge in [-0.3, -0.25) is 4.79 Å². The zero-order chi connectivity index (χ0) is 8.97. The lowest BCUT2D eigenvalue weighted by molar-refractivity contribution is 0.0959. The summed E-state index contributed by atoms with van der Waals surface area (Å²) in [5.74, 6) is -0.0329. The molecule has 12 heavy (non-hydrogen) atoms. The van der Waals surface area contributed by atoms with Crippen molar-refractivity contribution in [3.63, 3.8) is 0 Å². The molecule has 1 rings (SSSR count). The van der Waals surface area contributed by atoms with Crippen LogP contribution in [0.1, 0.15) is 15.4 Å². The number of alkyl halides is 1. The highest BCUT2D eigenvalue weighted by atomic mass is 79.9. The average Bonchev–Trinajstić information content (AvgIpc) is 2.47. The Morgan fingerprint density at radius 2 is 2.58 bits per heavy atom. The summed E-state index contributed by atoms with van der Waals surface area (Å²) in [6.07, 6.45) is 0. The number of rotatable bonds is 3. The molecule has 1 aromatic rings. The van der Waals surface area contributed by atoms with Crippen LogP contribution in [-0.2, 0) is 0 Å². The van der Waals surface area contributed by atoms with Gasteiger partial charge in [-0.25, -0.2) is 4.98 Å². The highest BCUT2D eigenvalue weighted by Gasteiger charge is 2.09. The van der Waals surface area contributed by atoms with Crippen molar-refractivity contribution in [1.82, 2.24) is 10.3 Å². The fourth-order valence-corrected chi connectivity index (χ4v) is 1.68. The van der Waals surface area contributed by atoms with E-state index >= 15 is 0 Å². The van der Waals surface area contributed by atoms with Crippen LogP contribution in [0.4, 0.5) is 0 Å². The first kappa shape index (κ1) is 9.67. The molecule has 1 N–H and O–H groups in total. The van der Waals surface area contributed by atoms with Crippen molar-refractivity contribution in [3.8, 4) is 0 Å². The first-order valence-corrected chi connectivity index (χ1v) is 5.50. The van der Waals surface area contributed by atoms with Crippen LogP contribution in [0.2, 0.25) is 0 Å². The van der Waals surface area contributed by atoms with E-state index in [0.29, 0.717) is 11.4 Å². The number of aromatic nitrogens is 1. The van der Waals surface area contributed by atoms with Crippen LogP contribution in [0, 0.1) is 6.92 Å². The Morgan fingerprint density at radius 3 is 3.08 bits per heavy atom. The maximum atomic E-state index is 11.3. The van der Waals surface area contributed by atoms with Crippen molar-refractivity contribution in [2.45, 2.75) is 6.92 Å². The lowest BCUT2D eigenvalue weighted by Crippen LogP contribution is -2.24. The van der Waals surface area contributed by atoms with Crippen molar-refractivity contribution in [2.24, 2.45) is 0 Å². The third-order valence-corrected chi connectivity index (χ3v) is 2.66. The molecule has 0 saturated carbocycles. The van der Waals surface area contributed by atoms with Gasteiger partial charge in [-0.2, -0.15) is 0 Å². The number of thiazole rings is 1. The van der Waals surface area contributed by atoms with Gasteiger partial charge in [-0.15, -0.1) is 11.3 Å². The van der Waals surface area contributed by atoms with E-state index < -0.39 is 0 Å². The Balaban J connectivity index is 2.59. The first-order valence-electron chi connectivity index (χ1n) is 3.50. The molecule has 0 spiro atoms. The largest absolute Gasteiger partial charge is 0.350 e. The van der Waals surface area contributed by atoms with Crippen molar-refractivity contribution in [2.75, 3.05) is 11.9 Å². The van der Waals surface area contributed by atoms with E-state index in [1.165, 1.54) is 11.3 Å². The van der Waals surface area contributed by atoms with Gasteiger partial charge < -0.3 is 5.32 Å². The van der Waals surface area contributed by atoms with Gasteiger partial charge in [0.2, 0.25) is 0 Å². The third kappa shape index (κ3) is 2.28. The monoisotopic (exact) mass is 248 g/mol. The Morgan fingerprint density at radius 1 is 1.83 bits per heavy atom. The van der Waals surface area contributed by atoms with E-state index in [2.05, 4.69) is 26.2 Å². The molecular formula is C7H9BrN2OS. The summed E-state index contributed by atoms with van der Waals surface area (Å²) in [4.78, 5) is 16.0. The fraction of sp³-hybridized carbons (Fsp3) is 0.429. The number of hydrogen-bond donors (Lipinski definition) is 1. The Kier molecular flexibility index (Phi) is 3.68. The number of nitrogens with one attached hydrogen (secondary N) is 1. The summed E-state index contributed by atoms with van der Waals surface area (Å²) < 4.78 is 0. The van der Waals surface area contributed by atoms with Gasteiger partial charge in [0.25, 0.3) is 5.91 Å². The standard InChI is InChI=1S/C7H9BrN2OS/c1-5-6(12-4-10-5)7(11)9-3-2-8/h4H,2-3H2,1H3,(H,9,11). The first-order chi connectivity index (χ1) is 5.75. The number of aryl methyl sites for hydroxylation is 1. The van der Waals surface area contributed by atoms with Crippen LogP contribution in [0.15, 0.2) is 5.51 Å². The molecule has 1 aromatic heterocycles. The smallest absolute Gasteiger partial charge is 0.263 e.